The molecule has 2 heterocycles. The summed E-state index contributed by atoms with van der Waals surface area (Å²) in [5.74, 6) is 1.39. The number of para-hydroxylation sites is 2. The van der Waals surface area contributed by atoms with E-state index in [9.17, 15) is 4.79 Å². The molecular formula is C22H23N3O3. The Labute approximate surface area is 164 Å². The van der Waals surface area contributed by atoms with Crippen LogP contribution < -0.4 is 9.64 Å². The van der Waals surface area contributed by atoms with E-state index in [1.807, 2.05) is 60.4 Å². The van der Waals surface area contributed by atoms with Gasteiger partial charge in [-0.15, -0.1) is 0 Å². The number of nitrogens with zero attached hydrogens (tertiary/aromatic N) is 3. The smallest absolute Gasteiger partial charge is 0.276 e. The van der Waals surface area contributed by atoms with Crippen LogP contribution in [0.15, 0.2) is 65.2 Å². The minimum atomic E-state index is -0.0938. The molecule has 1 amide bonds. The summed E-state index contributed by atoms with van der Waals surface area (Å²) in [6.45, 7) is 5.37. The second-order valence-electron chi connectivity index (χ2n) is 6.62. The molecule has 6 nitrogen and oxygen atoms in total. The molecule has 0 atom stereocenters. The van der Waals surface area contributed by atoms with Crippen molar-refractivity contribution in [2.24, 2.45) is 0 Å². The highest BCUT2D eigenvalue weighted by molar-refractivity contribution is 5.93. The molecule has 0 spiro atoms. The van der Waals surface area contributed by atoms with Gasteiger partial charge in [0.05, 0.1) is 12.3 Å². The van der Waals surface area contributed by atoms with Crippen LogP contribution in [0.25, 0.3) is 11.3 Å². The van der Waals surface area contributed by atoms with E-state index < -0.39 is 0 Å². The summed E-state index contributed by atoms with van der Waals surface area (Å²) >= 11 is 0. The average Bonchev–Trinajstić information content (AvgIpc) is 3.25. The molecule has 144 valence electrons. The maximum atomic E-state index is 12.8. The van der Waals surface area contributed by atoms with E-state index in [0.29, 0.717) is 31.2 Å². The highest BCUT2D eigenvalue weighted by Crippen LogP contribution is 2.29. The van der Waals surface area contributed by atoms with Gasteiger partial charge in [-0.1, -0.05) is 47.6 Å². The summed E-state index contributed by atoms with van der Waals surface area (Å²) in [5, 5.41) is 3.98. The van der Waals surface area contributed by atoms with Crippen LogP contribution in [0, 0.1) is 0 Å². The van der Waals surface area contributed by atoms with Crippen LogP contribution in [0.3, 0.4) is 0 Å². The van der Waals surface area contributed by atoms with Crippen molar-refractivity contribution in [3.63, 3.8) is 0 Å². The van der Waals surface area contributed by atoms with Crippen molar-refractivity contribution < 1.29 is 14.1 Å². The fourth-order valence-corrected chi connectivity index (χ4v) is 3.42. The molecule has 1 fully saturated rings. The number of ether oxygens (including phenoxy) is 1. The van der Waals surface area contributed by atoms with E-state index in [4.69, 9.17) is 9.26 Å². The molecule has 4 rings (SSSR count). The van der Waals surface area contributed by atoms with Crippen LogP contribution in [0.1, 0.15) is 17.4 Å². The Morgan fingerprint density at radius 3 is 2.50 bits per heavy atom. The third-order valence-corrected chi connectivity index (χ3v) is 4.86. The number of amides is 1. The van der Waals surface area contributed by atoms with Gasteiger partial charge in [0, 0.05) is 37.8 Å². The molecule has 1 aliphatic heterocycles. The Hall–Kier alpha value is -3.28. The molecule has 6 heteroatoms. The van der Waals surface area contributed by atoms with Crippen LogP contribution in [0.4, 0.5) is 5.69 Å². The van der Waals surface area contributed by atoms with E-state index >= 15 is 0 Å². The van der Waals surface area contributed by atoms with Gasteiger partial charge in [0.2, 0.25) is 0 Å². The third kappa shape index (κ3) is 3.71. The van der Waals surface area contributed by atoms with Crippen LogP contribution in [0.5, 0.6) is 5.75 Å². The number of benzene rings is 2. The fraction of sp³-hybridized carbons (Fsp3) is 0.273. The summed E-state index contributed by atoms with van der Waals surface area (Å²) in [6, 6.07) is 19.4. The number of carbonyl (C=O) groups excluding carboxylic acids is 1. The topological polar surface area (TPSA) is 58.8 Å². The zero-order valence-corrected chi connectivity index (χ0v) is 15.9. The van der Waals surface area contributed by atoms with Gasteiger partial charge < -0.3 is 19.1 Å². The van der Waals surface area contributed by atoms with Gasteiger partial charge in [-0.3, -0.25) is 4.79 Å². The van der Waals surface area contributed by atoms with Gasteiger partial charge in [-0.25, -0.2) is 0 Å². The molecule has 1 saturated heterocycles. The Morgan fingerprint density at radius 2 is 1.75 bits per heavy atom. The largest absolute Gasteiger partial charge is 0.492 e. The number of piperazine rings is 1. The number of anilines is 1. The summed E-state index contributed by atoms with van der Waals surface area (Å²) < 4.78 is 11.1. The first-order valence-electron chi connectivity index (χ1n) is 9.54. The van der Waals surface area contributed by atoms with Crippen molar-refractivity contribution >= 4 is 11.6 Å². The lowest BCUT2D eigenvalue weighted by atomic mass is 10.1. The van der Waals surface area contributed by atoms with Crippen LogP contribution in [0.2, 0.25) is 0 Å². The van der Waals surface area contributed by atoms with Crippen molar-refractivity contribution in [1.82, 2.24) is 10.1 Å². The standard InChI is InChI=1S/C22H23N3O3/c1-2-27-20-11-7-6-10-19(20)24-12-14-25(15-13-24)22(26)18-16-21(28-23-18)17-8-4-3-5-9-17/h3-11,16H,2,12-15H2,1H3. The Bertz CT molecular complexity index is 931. The monoisotopic (exact) mass is 377 g/mol. The number of hydrogen-bond acceptors (Lipinski definition) is 5. The molecule has 28 heavy (non-hydrogen) atoms. The summed E-state index contributed by atoms with van der Waals surface area (Å²) in [5.41, 5.74) is 2.33. The first-order chi connectivity index (χ1) is 13.8. The normalized spacial score (nSPS) is 14.2. The highest BCUT2D eigenvalue weighted by atomic mass is 16.5. The maximum Gasteiger partial charge on any atom is 0.276 e. The summed E-state index contributed by atoms with van der Waals surface area (Å²) in [6.07, 6.45) is 0. The molecule has 0 unspecified atom stereocenters. The maximum absolute atomic E-state index is 12.8. The SMILES string of the molecule is CCOc1ccccc1N1CCN(C(=O)c2cc(-c3ccccc3)on2)CC1. The minimum absolute atomic E-state index is 0.0938. The van der Waals surface area contributed by atoms with Crippen LogP contribution in [-0.4, -0.2) is 48.7 Å². The van der Waals surface area contributed by atoms with E-state index in [-0.39, 0.29) is 5.91 Å². The van der Waals surface area contributed by atoms with Crippen molar-refractivity contribution in [2.45, 2.75) is 6.92 Å². The molecule has 0 bridgehead atoms. The second-order valence-corrected chi connectivity index (χ2v) is 6.62. The molecule has 3 aromatic rings. The number of aromatic nitrogens is 1. The van der Waals surface area contributed by atoms with Gasteiger partial charge >= 0.3 is 0 Å². The van der Waals surface area contributed by atoms with Crippen LogP contribution in [-0.2, 0) is 0 Å². The summed E-state index contributed by atoms with van der Waals surface area (Å²) in [4.78, 5) is 16.9. The first-order valence-corrected chi connectivity index (χ1v) is 9.54. The number of carbonyl (C=O) groups is 1. The van der Waals surface area contributed by atoms with Crippen molar-refractivity contribution in [2.75, 3.05) is 37.7 Å². The van der Waals surface area contributed by atoms with Gasteiger partial charge in [-0.05, 0) is 19.1 Å². The Balaban J connectivity index is 1.42. The van der Waals surface area contributed by atoms with Crippen LogP contribution >= 0.6 is 0 Å². The van der Waals surface area contributed by atoms with Gasteiger partial charge in [0.15, 0.2) is 11.5 Å². The Kier molecular flexibility index (Phi) is 5.28. The molecule has 2 aromatic carbocycles. The van der Waals surface area contributed by atoms with Crippen molar-refractivity contribution in [1.29, 1.82) is 0 Å². The second kappa shape index (κ2) is 8.17. The highest BCUT2D eigenvalue weighted by Gasteiger charge is 2.26. The fourth-order valence-electron chi connectivity index (χ4n) is 3.42. The van der Waals surface area contributed by atoms with Crippen molar-refractivity contribution in [3.05, 3.63) is 66.4 Å². The zero-order valence-electron chi connectivity index (χ0n) is 15.9. The van der Waals surface area contributed by atoms with Gasteiger partial charge in [0.25, 0.3) is 5.91 Å². The third-order valence-electron chi connectivity index (χ3n) is 4.86. The molecule has 0 radical (unpaired) electrons. The first kappa shape index (κ1) is 18.1. The van der Waals surface area contributed by atoms with E-state index in [2.05, 4.69) is 16.1 Å². The summed E-state index contributed by atoms with van der Waals surface area (Å²) in [7, 11) is 0. The molecule has 0 aliphatic carbocycles. The molecule has 0 N–H and O–H groups in total. The van der Waals surface area contributed by atoms with E-state index in [1.54, 1.807) is 6.07 Å². The van der Waals surface area contributed by atoms with Gasteiger partial charge in [0.1, 0.15) is 5.75 Å². The lowest BCUT2D eigenvalue weighted by Crippen LogP contribution is -2.49. The lowest BCUT2D eigenvalue weighted by molar-refractivity contribution is 0.0736. The number of hydrogen-bond donors (Lipinski definition) is 0. The number of rotatable bonds is 5. The van der Waals surface area contributed by atoms with Crippen molar-refractivity contribution in [3.8, 4) is 17.1 Å². The molecule has 0 saturated carbocycles. The molecule has 1 aromatic heterocycles. The molecule has 1 aliphatic rings. The molecular weight excluding hydrogens is 354 g/mol. The minimum Gasteiger partial charge on any atom is -0.492 e. The van der Waals surface area contributed by atoms with E-state index in [0.717, 1.165) is 30.1 Å². The zero-order chi connectivity index (χ0) is 19.3. The van der Waals surface area contributed by atoms with Gasteiger partial charge in [-0.2, -0.15) is 0 Å². The quantitative estimate of drug-likeness (QED) is 0.678. The lowest BCUT2D eigenvalue weighted by Gasteiger charge is -2.36. The Morgan fingerprint density at radius 1 is 1.04 bits per heavy atom. The van der Waals surface area contributed by atoms with E-state index in [1.165, 1.54) is 0 Å². The predicted octanol–water partition coefficient (Wildman–Crippen LogP) is 3.70. The predicted molar refractivity (Wildman–Crippen MR) is 108 cm³/mol. The average molecular weight is 377 g/mol.